The van der Waals surface area contributed by atoms with Crippen LogP contribution >= 0.6 is 15.9 Å². The van der Waals surface area contributed by atoms with Gasteiger partial charge in [0.1, 0.15) is 11.2 Å². The highest BCUT2D eigenvalue weighted by Crippen LogP contribution is 2.48. The average molecular weight is 311 g/mol. The lowest BCUT2D eigenvalue weighted by molar-refractivity contribution is -0.477. The molecule has 1 heterocycles. The maximum Gasteiger partial charge on any atom is 0.205 e. The number of halogens is 1. The van der Waals surface area contributed by atoms with Crippen LogP contribution in [0.25, 0.3) is 0 Å². The summed E-state index contributed by atoms with van der Waals surface area (Å²) in [6, 6.07) is 0. The van der Waals surface area contributed by atoms with E-state index in [0.717, 1.165) is 0 Å². The van der Waals surface area contributed by atoms with Crippen LogP contribution in [-0.4, -0.2) is 38.3 Å². The Morgan fingerprint density at radius 2 is 1.47 bits per heavy atom. The van der Waals surface area contributed by atoms with Gasteiger partial charge in [0.05, 0.1) is 5.33 Å². The van der Waals surface area contributed by atoms with Crippen LogP contribution in [0.4, 0.5) is 0 Å². The summed E-state index contributed by atoms with van der Waals surface area (Å²) in [5.41, 5.74) is -2.01. The third-order valence-corrected chi connectivity index (χ3v) is 4.36. The highest BCUT2D eigenvalue weighted by Gasteiger charge is 2.64. The van der Waals surface area contributed by atoms with Gasteiger partial charge in [-0.1, -0.05) is 29.8 Å². The number of ether oxygens (including phenoxy) is 2. The van der Waals surface area contributed by atoms with E-state index in [1.54, 1.807) is 27.7 Å². The first-order chi connectivity index (χ1) is 7.42. The van der Waals surface area contributed by atoms with E-state index in [1.165, 1.54) is 0 Å². The summed E-state index contributed by atoms with van der Waals surface area (Å²) in [5, 5.41) is 21.3. The second-order valence-corrected chi connectivity index (χ2v) is 6.55. The van der Waals surface area contributed by atoms with Crippen molar-refractivity contribution in [2.45, 2.75) is 64.3 Å². The molecule has 1 aliphatic heterocycles. The van der Waals surface area contributed by atoms with Gasteiger partial charge in [-0.05, 0) is 27.7 Å². The van der Waals surface area contributed by atoms with Gasteiger partial charge in [0, 0.05) is 5.92 Å². The largest absolute Gasteiger partial charge is 0.363 e. The summed E-state index contributed by atoms with van der Waals surface area (Å²) >= 11 is 3.23. The summed E-state index contributed by atoms with van der Waals surface area (Å²) in [4.78, 5) is 0. The minimum atomic E-state index is -1.47. The van der Waals surface area contributed by atoms with Gasteiger partial charge in [0.25, 0.3) is 0 Å². The average Bonchev–Trinajstić information content (AvgIpc) is 2.13. The van der Waals surface area contributed by atoms with Gasteiger partial charge in [-0.3, -0.25) is 0 Å². The van der Waals surface area contributed by atoms with E-state index in [9.17, 15) is 10.2 Å². The van der Waals surface area contributed by atoms with Crippen molar-refractivity contribution in [3.05, 3.63) is 0 Å². The van der Waals surface area contributed by atoms with Crippen LogP contribution in [-0.2, 0) is 9.47 Å². The van der Waals surface area contributed by atoms with Gasteiger partial charge < -0.3 is 19.7 Å². The van der Waals surface area contributed by atoms with Gasteiger partial charge in [-0.15, -0.1) is 0 Å². The van der Waals surface area contributed by atoms with Gasteiger partial charge in [0.2, 0.25) is 5.79 Å². The summed E-state index contributed by atoms with van der Waals surface area (Å²) in [6.45, 7) is 10.6. The molecule has 17 heavy (non-hydrogen) atoms. The van der Waals surface area contributed by atoms with Crippen LogP contribution in [0.2, 0.25) is 0 Å². The zero-order chi connectivity index (χ0) is 13.7. The highest BCUT2D eigenvalue weighted by atomic mass is 79.9. The molecule has 0 amide bonds. The van der Waals surface area contributed by atoms with E-state index in [0.29, 0.717) is 0 Å². The smallest absolute Gasteiger partial charge is 0.205 e. The van der Waals surface area contributed by atoms with Crippen molar-refractivity contribution in [3.8, 4) is 0 Å². The molecule has 1 rings (SSSR count). The fourth-order valence-corrected chi connectivity index (χ4v) is 3.00. The Balaban J connectivity index is 3.21. The standard InChI is InChI=1S/C12H23BrO4/c1-8(2)12(15)10(5,6)16-11(14,7-13)9(3,4)17-12/h8,14-15H,7H2,1-6H3. The Morgan fingerprint density at radius 3 is 1.82 bits per heavy atom. The first-order valence-corrected chi connectivity index (χ1v) is 6.95. The van der Waals surface area contributed by atoms with Crippen molar-refractivity contribution >= 4 is 15.9 Å². The minimum absolute atomic E-state index is 0.156. The van der Waals surface area contributed by atoms with Crippen molar-refractivity contribution in [2.24, 2.45) is 5.92 Å². The lowest BCUT2D eigenvalue weighted by Gasteiger charge is -2.59. The molecule has 2 unspecified atom stereocenters. The first-order valence-electron chi connectivity index (χ1n) is 5.83. The quantitative estimate of drug-likeness (QED) is 0.766. The number of aliphatic hydroxyl groups is 2. The number of alkyl halides is 1. The van der Waals surface area contributed by atoms with E-state index in [4.69, 9.17) is 9.47 Å². The van der Waals surface area contributed by atoms with Gasteiger partial charge >= 0.3 is 0 Å². The van der Waals surface area contributed by atoms with E-state index < -0.39 is 22.8 Å². The van der Waals surface area contributed by atoms with Crippen molar-refractivity contribution in [1.82, 2.24) is 0 Å². The summed E-state index contributed by atoms with van der Waals surface area (Å²) in [6.07, 6.45) is 0. The van der Waals surface area contributed by atoms with Crippen LogP contribution in [0.15, 0.2) is 0 Å². The fourth-order valence-electron chi connectivity index (χ4n) is 2.21. The number of hydrogen-bond donors (Lipinski definition) is 2. The van der Waals surface area contributed by atoms with E-state index in [1.807, 2.05) is 13.8 Å². The number of rotatable bonds is 2. The second-order valence-electron chi connectivity index (χ2n) is 5.99. The molecule has 2 N–H and O–H groups in total. The molecule has 1 aliphatic rings. The van der Waals surface area contributed by atoms with Gasteiger partial charge in [-0.25, -0.2) is 0 Å². The minimum Gasteiger partial charge on any atom is -0.363 e. The SMILES string of the molecule is CC(C)C1(O)OC(C)(C)C(O)(CBr)OC1(C)C. The predicted molar refractivity (Wildman–Crippen MR) is 68.9 cm³/mol. The molecule has 0 aromatic carbocycles. The summed E-state index contributed by atoms with van der Waals surface area (Å²) < 4.78 is 11.5. The Kier molecular flexibility index (Phi) is 3.77. The monoisotopic (exact) mass is 310 g/mol. The van der Waals surface area contributed by atoms with Crippen LogP contribution in [0, 0.1) is 5.92 Å². The lowest BCUT2D eigenvalue weighted by Crippen LogP contribution is -2.74. The maximum absolute atomic E-state index is 10.7. The number of hydrogen-bond acceptors (Lipinski definition) is 4. The maximum atomic E-state index is 10.7. The molecule has 1 fully saturated rings. The van der Waals surface area contributed by atoms with E-state index in [2.05, 4.69) is 15.9 Å². The van der Waals surface area contributed by atoms with Crippen LogP contribution in [0.5, 0.6) is 0 Å². The molecule has 1 saturated heterocycles. The molecule has 102 valence electrons. The second kappa shape index (κ2) is 4.17. The van der Waals surface area contributed by atoms with E-state index >= 15 is 0 Å². The molecule has 2 atom stereocenters. The Bertz CT molecular complexity index is 303. The lowest BCUT2D eigenvalue weighted by atomic mass is 9.82. The van der Waals surface area contributed by atoms with Crippen molar-refractivity contribution in [1.29, 1.82) is 0 Å². The van der Waals surface area contributed by atoms with Crippen molar-refractivity contribution in [3.63, 3.8) is 0 Å². The molecule has 0 radical (unpaired) electrons. The van der Waals surface area contributed by atoms with E-state index in [-0.39, 0.29) is 11.2 Å². The molecule has 0 spiro atoms. The predicted octanol–water partition coefficient (Wildman–Crippen LogP) is 2.02. The fraction of sp³-hybridized carbons (Fsp3) is 1.00. The Morgan fingerprint density at radius 1 is 1.00 bits per heavy atom. The molecular weight excluding hydrogens is 288 g/mol. The Labute approximate surface area is 111 Å². The van der Waals surface area contributed by atoms with Crippen LogP contribution in [0.1, 0.15) is 41.5 Å². The summed E-state index contributed by atoms with van der Waals surface area (Å²) in [7, 11) is 0. The molecular formula is C12H23BrO4. The third kappa shape index (κ3) is 2.16. The third-order valence-electron chi connectivity index (χ3n) is 3.60. The molecule has 0 aromatic rings. The topological polar surface area (TPSA) is 58.9 Å². The zero-order valence-corrected chi connectivity index (χ0v) is 13.0. The molecule has 4 nitrogen and oxygen atoms in total. The molecule has 0 saturated carbocycles. The summed E-state index contributed by atoms with van der Waals surface area (Å²) in [5.74, 6) is -3.07. The van der Waals surface area contributed by atoms with Crippen molar-refractivity contribution < 1.29 is 19.7 Å². The molecule has 0 aliphatic carbocycles. The normalized spacial score (nSPS) is 40.6. The van der Waals surface area contributed by atoms with Crippen molar-refractivity contribution in [2.75, 3.05) is 5.33 Å². The Hall–Kier alpha value is 0.320. The molecule has 0 aromatic heterocycles. The molecule has 5 heteroatoms. The van der Waals surface area contributed by atoms with Crippen LogP contribution in [0.3, 0.4) is 0 Å². The van der Waals surface area contributed by atoms with Gasteiger partial charge in [0.15, 0.2) is 5.79 Å². The van der Waals surface area contributed by atoms with Crippen LogP contribution < -0.4 is 0 Å². The highest BCUT2D eigenvalue weighted by molar-refractivity contribution is 9.09. The van der Waals surface area contributed by atoms with Gasteiger partial charge in [-0.2, -0.15) is 0 Å². The zero-order valence-electron chi connectivity index (χ0n) is 11.4. The first kappa shape index (κ1) is 15.4. The molecule has 0 bridgehead atoms.